The average molecular weight is 300 g/mol. The first-order chi connectivity index (χ1) is 8.96. The molecule has 1 aliphatic heterocycles. The largest absolute Gasteiger partial charge is 0.369 e. The minimum atomic E-state index is -2.87. The predicted molar refractivity (Wildman–Crippen MR) is 75.9 cm³/mol. The Hall–Kier alpha value is -1.27. The molecule has 2 N–H and O–H groups in total. The van der Waals surface area contributed by atoms with Crippen LogP contribution in [0.5, 0.6) is 0 Å². The van der Waals surface area contributed by atoms with Gasteiger partial charge in [-0.3, -0.25) is 0 Å². The standard InChI is InChI=1S/C12H14ClN3O2S/c13-9-2-1-3-10-11(9)15-12(14)16(10)6-8-4-5-19(17,18)7-8/h1-3,8H,4-7H2,(H2,14,15). The fourth-order valence-electron chi connectivity index (χ4n) is 2.60. The predicted octanol–water partition coefficient (Wildman–Crippen LogP) is 1.71. The van der Waals surface area contributed by atoms with E-state index in [0.29, 0.717) is 29.5 Å². The van der Waals surface area contributed by atoms with Gasteiger partial charge < -0.3 is 10.3 Å². The zero-order valence-electron chi connectivity index (χ0n) is 10.2. The van der Waals surface area contributed by atoms with Gasteiger partial charge in [-0.25, -0.2) is 13.4 Å². The molecule has 0 bridgehead atoms. The minimum absolute atomic E-state index is 0.101. The molecule has 3 rings (SSSR count). The maximum Gasteiger partial charge on any atom is 0.201 e. The number of hydrogen-bond acceptors (Lipinski definition) is 4. The van der Waals surface area contributed by atoms with Gasteiger partial charge in [-0.2, -0.15) is 0 Å². The molecule has 1 aromatic heterocycles. The quantitative estimate of drug-likeness (QED) is 0.915. The maximum atomic E-state index is 11.5. The highest BCUT2D eigenvalue weighted by molar-refractivity contribution is 7.91. The lowest BCUT2D eigenvalue weighted by atomic mass is 10.1. The third-order valence-corrected chi connectivity index (χ3v) is 5.67. The lowest BCUT2D eigenvalue weighted by Crippen LogP contribution is -2.14. The Bertz CT molecular complexity index is 739. The number of sulfone groups is 1. The number of benzene rings is 1. The molecule has 2 heterocycles. The summed E-state index contributed by atoms with van der Waals surface area (Å²) in [5, 5.41) is 0.557. The van der Waals surface area contributed by atoms with Gasteiger partial charge in [-0.15, -0.1) is 0 Å². The van der Waals surface area contributed by atoms with E-state index in [2.05, 4.69) is 4.98 Å². The molecule has 0 amide bonds. The van der Waals surface area contributed by atoms with Gasteiger partial charge in [0, 0.05) is 6.54 Å². The van der Waals surface area contributed by atoms with Crippen molar-refractivity contribution in [3.05, 3.63) is 23.2 Å². The number of nitrogens with two attached hydrogens (primary N) is 1. The Kier molecular flexibility index (Phi) is 2.94. The van der Waals surface area contributed by atoms with Crippen molar-refractivity contribution in [2.75, 3.05) is 17.2 Å². The number of nitrogens with zero attached hydrogens (tertiary/aromatic N) is 2. The molecule has 1 unspecified atom stereocenters. The van der Waals surface area contributed by atoms with E-state index in [9.17, 15) is 8.42 Å². The van der Waals surface area contributed by atoms with Crippen LogP contribution in [0.2, 0.25) is 5.02 Å². The molecule has 19 heavy (non-hydrogen) atoms. The lowest BCUT2D eigenvalue weighted by Gasteiger charge is -2.11. The number of anilines is 1. The molecule has 5 nitrogen and oxygen atoms in total. The summed E-state index contributed by atoms with van der Waals surface area (Å²) in [6.45, 7) is 0.571. The third-order valence-electron chi connectivity index (χ3n) is 3.53. The molecule has 1 aliphatic rings. The summed E-state index contributed by atoms with van der Waals surface area (Å²) in [7, 11) is -2.87. The van der Waals surface area contributed by atoms with Gasteiger partial charge in [0.15, 0.2) is 9.84 Å². The van der Waals surface area contributed by atoms with Crippen LogP contribution in [0.25, 0.3) is 11.0 Å². The van der Waals surface area contributed by atoms with E-state index in [1.807, 2.05) is 16.7 Å². The molecular weight excluding hydrogens is 286 g/mol. The molecule has 102 valence electrons. The fourth-order valence-corrected chi connectivity index (χ4v) is 4.66. The number of imidazole rings is 1. The Morgan fingerprint density at radius 3 is 2.95 bits per heavy atom. The summed E-state index contributed by atoms with van der Waals surface area (Å²) in [6.07, 6.45) is 0.683. The number of hydrogen-bond donors (Lipinski definition) is 1. The van der Waals surface area contributed by atoms with Crippen molar-refractivity contribution >= 4 is 38.4 Å². The molecule has 0 saturated carbocycles. The number of halogens is 1. The molecule has 1 saturated heterocycles. The summed E-state index contributed by atoms with van der Waals surface area (Å²) >= 11 is 6.08. The molecule has 1 atom stereocenters. The normalized spacial score (nSPS) is 22.1. The van der Waals surface area contributed by atoms with Gasteiger partial charge in [0.05, 0.1) is 22.0 Å². The van der Waals surface area contributed by atoms with Crippen molar-refractivity contribution in [1.29, 1.82) is 0 Å². The number of nitrogen functional groups attached to an aromatic ring is 1. The second-order valence-corrected chi connectivity index (χ2v) is 7.59. The van der Waals surface area contributed by atoms with Gasteiger partial charge in [-0.05, 0) is 24.5 Å². The Labute approximate surface area is 116 Å². The van der Waals surface area contributed by atoms with E-state index < -0.39 is 9.84 Å². The van der Waals surface area contributed by atoms with Crippen LogP contribution in [0.15, 0.2) is 18.2 Å². The molecule has 2 aromatic rings. The third kappa shape index (κ3) is 2.30. The summed E-state index contributed by atoms with van der Waals surface area (Å²) in [5.74, 6) is 0.980. The van der Waals surface area contributed by atoms with Crippen LogP contribution in [0.1, 0.15) is 6.42 Å². The highest BCUT2D eigenvalue weighted by Crippen LogP contribution is 2.28. The molecule has 1 aromatic carbocycles. The maximum absolute atomic E-state index is 11.5. The number of fused-ring (bicyclic) bond motifs is 1. The van der Waals surface area contributed by atoms with Crippen LogP contribution in [0, 0.1) is 5.92 Å². The second kappa shape index (κ2) is 4.38. The minimum Gasteiger partial charge on any atom is -0.369 e. The van der Waals surface area contributed by atoms with Crippen LogP contribution >= 0.6 is 11.6 Å². The van der Waals surface area contributed by atoms with E-state index >= 15 is 0 Å². The Balaban J connectivity index is 1.97. The number of aromatic nitrogens is 2. The topological polar surface area (TPSA) is 78.0 Å². The molecule has 7 heteroatoms. The Morgan fingerprint density at radius 2 is 2.26 bits per heavy atom. The van der Waals surface area contributed by atoms with Crippen molar-refractivity contribution in [2.24, 2.45) is 5.92 Å². The second-order valence-electron chi connectivity index (χ2n) is 4.96. The highest BCUT2D eigenvalue weighted by Gasteiger charge is 2.29. The van der Waals surface area contributed by atoms with Crippen LogP contribution in [0.3, 0.4) is 0 Å². The van der Waals surface area contributed by atoms with Crippen molar-refractivity contribution in [2.45, 2.75) is 13.0 Å². The van der Waals surface area contributed by atoms with Crippen LogP contribution in [-0.2, 0) is 16.4 Å². The Morgan fingerprint density at radius 1 is 1.47 bits per heavy atom. The van der Waals surface area contributed by atoms with Crippen LogP contribution in [-0.4, -0.2) is 29.5 Å². The summed E-state index contributed by atoms with van der Waals surface area (Å²) in [6, 6.07) is 5.50. The summed E-state index contributed by atoms with van der Waals surface area (Å²) in [5.41, 5.74) is 7.44. The van der Waals surface area contributed by atoms with Gasteiger partial charge in [-0.1, -0.05) is 17.7 Å². The smallest absolute Gasteiger partial charge is 0.201 e. The van der Waals surface area contributed by atoms with E-state index in [4.69, 9.17) is 17.3 Å². The van der Waals surface area contributed by atoms with E-state index in [1.54, 1.807) is 6.07 Å². The first-order valence-corrected chi connectivity index (χ1v) is 8.27. The molecule has 0 spiro atoms. The zero-order valence-corrected chi connectivity index (χ0v) is 11.8. The van der Waals surface area contributed by atoms with Crippen LogP contribution < -0.4 is 5.73 Å². The highest BCUT2D eigenvalue weighted by atomic mass is 35.5. The monoisotopic (exact) mass is 299 g/mol. The summed E-state index contributed by atoms with van der Waals surface area (Å²) in [4.78, 5) is 4.25. The van der Waals surface area contributed by atoms with Crippen molar-refractivity contribution < 1.29 is 8.42 Å². The first kappa shape index (κ1) is 12.7. The van der Waals surface area contributed by atoms with E-state index in [1.165, 1.54) is 0 Å². The van der Waals surface area contributed by atoms with Gasteiger partial charge in [0.2, 0.25) is 5.95 Å². The van der Waals surface area contributed by atoms with Gasteiger partial charge >= 0.3 is 0 Å². The fraction of sp³-hybridized carbons (Fsp3) is 0.417. The zero-order chi connectivity index (χ0) is 13.6. The average Bonchev–Trinajstić information content (AvgIpc) is 2.83. The number of rotatable bonds is 2. The van der Waals surface area contributed by atoms with Crippen molar-refractivity contribution in [3.63, 3.8) is 0 Å². The molecular formula is C12H14ClN3O2S. The SMILES string of the molecule is Nc1nc2c(Cl)cccc2n1CC1CCS(=O)(=O)C1. The summed E-state index contributed by atoms with van der Waals surface area (Å²) < 4.78 is 24.8. The lowest BCUT2D eigenvalue weighted by molar-refractivity contribution is 0.503. The van der Waals surface area contributed by atoms with Gasteiger partial charge in [0.25, 0.3) is 0 Å². The van der Waals surface area contributed by atoms with E-state index in [0.717, 1.165) is 5.52 Å². The van der Waals surface area contributed by atoms with Crippen molar-refractivity contribution in [1.82, 2.24) is 9.55 Å². The number of para-hydroxylation sites is 1. The van der Waals surface area contributed by atoms with Crippen molar-refractivity contribution in [3.8, 4) is 0 Å². The van der Waals surface area contributed by atoms with Gasteiger partial charge in [0.1, 0.15) is 5.52 Å². The van der Waals surface area contributed by atoms with Crippen LogP contribution in [0.4, 0.5) is 5.95 Å². The first-order valence-electron chi connectivity index (χ1n) is 6.07. The molecule has 1 fully saturated rings. The molecule has 0 aliphatic carbocycles. The van der Waals surface area contributed by atoms with E-state index in [-0.39, 0.29) is 17.4 Å². The molecule has 0 radical (unpaired) electrons.